The van der Waals surface area contributed by atoms with Crippen molar-refractivity contribution in [3.05, 3.63) is 53.9 Å². The molecule has 12 heteroatoms. The maximum absolute atomic E-state index is 13.9. The second kappa shape index (κ2) is 11.8. The first-order valence-corrected chi connectivity index (χ1v) is 11.9. The van der Waals surface area contributed by atoms with E-state index in [-0.39, 0.29) is 17.7 Å². The number of benzene rings is 1. The predicted octanol–water partition coefficient (Wildman–Crippen LogP) is 2.82. The van der Waals surface area contributed by atoms with Gasteiger partial charge in [0, 0.05) is 58.1 Å². The van der Waals surface area contributed by atoms with Gasteiger partial charge in [0.25, 0.3) is 0 Å². The number of carboxylic acids is 1. The maximum atomic E-state index is 13.9. The second-order valence-corrected chi connectivity index (χ2v) is 9.22. The van der Waals surface area contributed by atoms with Crippen LogP contribution in [-0.4, -0.2) is 82.0 Å². The first-order chi connectivity index (χ1) is 17.5. The van der Waals surface area contributed by atoms with Crippen LogP contribution in [0.25, 0.3) is 0 Å². The van der Waals surface area contributed by atoms with Gasteiger partial charge in [-0.2, -0.15) is 18.3 Å². The van der Waals surface area contributed by atoms with Crippen molar-refractivity contribution in [2.45, 2.75) is 37.9 Å². The summed E-state index contributed by atoms with van der Waals surface area (Å²) in [5.74, 6) is -2.60. The lowest BCUT2D eigenvalue weighted by Crippen LogP contribution is -2.52. The zero-order valence-corrected chi connectivity index (χ0v) is 20.8. The number of methoxy groups -OCH3 is 1. The Morgan fingerprint density at radius 2 is 1.89 bits per heavy atom. The molecule has 9 nitrogen and oxygen atoms in total. The van der Waals surface area contributed by atoms with Gasteiger partial charge >= 0.3 is 12.1 Å². The van der Waals surface area contributed by atoms with E-state index in [1.165, 1.54) is 0 Å². The average Bonchev–Trinajstić information content (AvgIpc) is 3.45. The minimum absolute atomic E-state index is 0.0499. The van der Waals surface area contributed by atoms with Gasteiger partial charge in [-0.05, 0) is 24.5 Å². The van der Waals surface area contributed by atoms with Crippen LogP contribution in [-0.2, 0) is 32.7 Å². The lowest BCUT2D eigenvalue weighted by atomic mass is 9.70. The van der Waals surface area contributed by atoms with Crippen molar-refractivity contribution in [3.63, 3.8) is 0 Å². The molecule has 1 spiro atoms. The molecule has 2 fully saturated rings. The molecule has 202 valence electrons. The summed E-state index contributed by atoms with van der Waals surface area (Å²) in [5.41, 5.74) is 1.56. The van der Waals surface area contributed by atoms with Gasteiger partial charge in [-0.15, -0.1) is 0 Å². The van der Waals surface area contributed by atoms with E-state index in [4.69, 9.17) is 14.6 Å². The number of piperidine rings is 1. The smallest absolute Gasteiger partial charge is 0.475 e. The summed E-state index contributed by atoms with van der Waals surface area (Å²) in [4.78, 5) is 39.4. The second-order valence-electron chi connectivity index (χ2n) is 9.22. The third-order valence-electron chi connectivity index (χ3n) is 6.85. The molecule has 0 radical (unpaired) electrons. The van der Waals surface area contributed by atoms with E-state index < -0.39 is 17.6 Å². The van der Waals surface area contributed by atoms with Crippen LogP contribution in [0.4, 0.5) is 13.2 Å². The Kier molecular flexibility index (Phi) is 8.95. The number of ether oxygens (including phenoxy) is 1. The maximum Gasteiger partial charge on any atom is 0.490 e. The number of alkyl halides is 3. The normalized spacial score (nSPS) is 21.6. The molecule has 1 aromatic carbocycles. The SMILES string of the molecule is COCCC(=O)N1C[C@@H](c2ccnn2C)[C@@]2(CCCN(Cc3ccccc3)C2=O)C1.O=C(O)C(F)(F)F. The number of carbonyl (C=O) groups is 3. The number of hydrogen-bond donors (Lipinski definition) is 1. The van der Waals surface area contributed by atoms with E-state index in [1.54, 1.807) is 13.3 Å². The van der Waals surface area contributed by atoms with Gasteiger partial charge in [0.05, 0.1) is 18.4 Å². The lowest BCUT2D eigenvalue weighted by molar-refractivity contribution is -0.192. The number of aryl methyl sites for hydroxylation is 1. The minimum Gasteiger partial charge on any atom is -0.475 e. The third-order valence-corrected chi connectivity index (χ3v) is 6.85. The molecule has 4 rings (SSSR count). The molecule has 2 aromatic rings. The quantitative estimate of drug-likeness (QED) is 0.623. The monoisotopic (exact) mass is 524 g/mol. The highest BCUT2D eigenvalue weighted by Gasteiger charge is 2.56. The molecule has 1 N–H and O–H groups in total. The molecule has 3 heterocycles. The molecule has 0 saturated carbocycles. The Bertz CT molecular complexity index is 1090. The number of carbonyl (C=O) groups excluding carboxylic acids is 2. The van der Waals surface area contributed by atoms with Crippen LogP contribution in [0, 0.1) is 5.41 Å². The number of rotatable bonds is 6. The zero-order chi connectivity index (χ0) is 27.2. The van der Waals surface area contributed by atoms with Gasteiger partial charge in [0.2, 0.25) is 11.8 Å². The molecule has 2 aliphatic heterocycles. The molecular formula is C25H31F3N4O5. The molecule has 0 aliphatic carbocycles. The Balaban J connectivity index is 0.000000479. The van der Waals surface area contributed by atoms with Crippen molar-refractivity contribution in [3.8, 4) is 0 Å². The number of carboxylic acid groups (broad SMARTS) is 1. The van der Waals surface area contributed by atoms with Gasteiger partial charge in [0.15, 0.2) is 0 Å². The molecule has 2 aliphatic rings. The number of aromatic nitrogens is 2. The highest BCUT2D eigenvalue weighted by molar-refractivity contribution is 5.87. The first-order valence-electron chi connectivity index (χ1n) is 11.9. The van der Waals surface area contributed by atoms with Gasteiger partial charge in [-0.3, -0.25) is 14.3 Å². The van der Waals surface area contributed by atoms with Crippen LogP contribution in [0.1, 0.15) is 36.4 Å². The summed E-state index contributed by atoms with van der Waals surface area (Å²) in [6.07, 6.45) is -1.24. The molecule has 2 saturated heterocycles. The first kappa shape index (κ1) is 28.2. The predicted molar refractivity (Wildman–Crippen MR) is 126 cm³/mol. The highest BCUT2D eigenvalue weighted by atomic mass is 19.4. The molecule has 2 atom stereocenters. The summed E-state index contributed by atoms with van der Waals surface area (Å²) >= 11 is 0. The average molecular weight is 525 g/mol. The summed E-state index contributed by atoms with van der Waals surface area (Å²) < 4.78 is 38.7. The van der Waals surface area contributed by atoms with E-state index in [9.17, 15) is 22.8 Å². The molecule has 2 amide bonds. The number of halogens is 3. The Labute approximate surface area is 212 Å². The third kappa shape index (κ3) is 6.48. The number of aliphatic carboxylic acids is 1. The fraction of sp³-hybridized carbons (Fsp3) is 0.520. The van der Waals surface area contributed by atoms with Gasteiger partial charge < -0.3 is 19.6 Å². The van der Waals surface area contributed by atoms with Gasteiger partial charge in [-0.1, -0.05) is 30.3 Å². The van der Waals surface area contributed by atoms with Gasteiger partial charge in [0.1, 0.15) is 0 Å². The molecule has 0 bridgehead atoms. The van der Waals surface area contributed by atoms with E-state index in [1.807, 2.05) is 45.8 Å². The van der Waals surface area contributed by atoms with Gasteiger partial charge in [-0.25, -0.2) is 4.79 Å². The van der Waals surface area contributed by atoms with Crippen LogP contribution >= 0.6 is 0 Å². The fourth-order valence-corrected chi connectivity index (χ4v) is 5.08. The standard InChI is InChI=1S/C23H30N4O3.C2HF3O2/c1-25-20(9-12-24-25)19-16-27(21(28)10-14-30-2)17-23(19)11-6-13-26(22(23)29)15-18-7-4-3-5-8-18;3-2(4,5)1(6)7/h3-5,7-9,12,19H,6,10-11,13-17H2,1-2H3;(H,6,7)/t19-,23+;/m0./s1. The zero-order valence-electron chi connectivity index (χ0n) is 20.8. The summed E-state index contributed by atoms with van der Waals surface area (Å²) in [6, 6.07) is 12.1. The van der Waals surface area contributed by atoms with E-state index in [0.717, 1.165) is 30.6 Å². The largest absolute Gasteiger partial charge is 0.490 e. The number of hydrogen-bond acceptors (Lipinski definition) is 5. The van der Waals surface area contributed by atoms with Crippen LogP contribution in [0.5, 0.6) is 0 Å². The summed E-state index contributed by atoms with van der Waals surface area (Å²) in [5, 5.41) is 11.5. The minimum atomic E-state index is -5.08. The van der Waals surface area contributed by atoms with Crippen molar-refractivity contribution in [2.75, 3.05) is 33.4 Å². The molecule has 37 heavy (non-hydrogen) atoms. The Morgan fingerprint density at radius 1 is 1.22 bits per heavy atom. The number of amides is 2. The number of likely N-dealkylation sites (tertiary alicyclic amines) is 2. The summed E-state index contributed by atoms with van der Waals surface area (Å²) in [6.45, 7) is 2.78. The number of nitrogens with zero attached hydrogens (tertiary/aromatic N) is 4. The van der Waals surface area contributed by atoms with Crippen LogP contribution in [0.15, 0.2) is 42.6 Å². The van der Waals surface area contributed by atoms with Crippen LogP contribution in [0.3, 0.4) is 0 Å². The van der Waals surface area contributed by atoms with Crippen LogP contribution in [0.2, 0.25) is 0 Å². The van der Waals surface area contributed by atoms with Crippen molar-refractivity contribution in [1.29, 1.82) is 0 Å². The Morgan fingerprint density at radius 3 is 2.46 bits per heavy atom. The van der Waals surface area contributed by atoms with Crippen molar-refractivity contribution in [1.82, 2.24) is 19.6 Å². The van der Waals surface area contributed by atoms with E-state index >= 15 is 0 Å². The molecule has 1 aromatic heterocycles. The van der Waals surface area contributed by atoms with Crippen molar-refractivity contribution in [2.24, 2.45) is 12.5 Å². The molecule has 0 unspecified atom stereocenters. The van der Waals surface area contributed by atoms with Crippen molar-refractivity contribution >= 4 is 17.8 Å². The Hall–Kier alpha value is -3.41. The van der Waals surface area contributed by atoms with Crippen molar-refractivity contribution < 1.29 is 37.4 Å². The van der Waals surface area contributed by atoms with E-state index in [2.05, 4.69) is 17.2 Å². The molecular weight excluding hydrogens is 493 g/mol. The van der Waals surface area contributed by atoms with Crippen LogP contribution < -0.4 is 0 Å². The van der Waals surface area contributed by atoms with E-state index in [0.29, 0.717) is 32.7 Å². The fourth-order valence-electron chi connectivity index (χ4n) is 5.08. The highest BCUT2D eigenvalue weighted by Crippen LogP contribution is 2.49. The topological polar surface area (TPSA) is 105 Å². The lowest BCUT2D eigenvalue weighted by Gasteiger charge is -2.42. The summed E-state index contributed by atoms with van der Waals surface area (Å²) in [7, 11) is 3.51.